The number of carbonyl (C=O) groups excluding carboxylic acids is 1. The van der Waals surface area contributed by atoms with Gasteiger partial charge in [-0.1, -0.05) is 55.9 Å². The fourth-order valence-electron chi connectivity index (χ4n) is 3.22. The van der Waals surface area contributed by atoms with Crippen molar-refractivity contribution in [2.75, 3.05) is 0 Å². The second-order valence-electron chi connectivity index (χ2n) is 6.41. The minimum Gasteiger partial charge on any atom is -0.479 e. The van der Waals surface area contributed by atoms with E-state index in [0.717, 1.165) is 31.2 Å². The van der Waals surface area contributed by atoms with Crippen LogP contribution in [0.2, 0.25) is 0 Å². The van der Waals surface area contributed by atoms with Gasteiger partial charge in [-0.2, -0.15) is 0 Å². The molecule has 1 heterocycles. The summed E-state index contributed by atoms with van der Waals surface area (Å²) in [5.74, 6) is -0.494. The van der Waals surface area contributed by atoms with Gasteiger partial charge < -0.3 is 9.84 Å². The van der Waals surface area contributed by atoms with Crippen LogP contribution in [0.3, 0.4) is 0 Å². The Morgan fingerprint density at radius 2 is 2.04 bits per heavy atom. The third-order valence-electron chi connectivity index (χ3n) is 4.62. The van der Waals surface area contributed by atoms with Crippen molar-refractivity contribution >= 4 is 46.3 Å². The van der Waals surface area contributed by atoms with Crippen molar-refractivity contribution in [1.29, 1.82) is 0 Å². The van der Waals surface area contributed by atoms with Gasteiger partial charge in [-0.3, -0.25) is 9.69 Å². The van der Waals surface area contributed by atoms with E-state index in [1.807, 2.05) is 18.2 Å². The lowest BCUT2D eigenvalue weighted by Crippen LogP contribution is -2.36. The van der Waals surface area contributed by atoms with Crippen molar-refractivity contribution in [3.63, 3.8) is 0 Å². The van der Waals surface area contributed by atoms with Crippen LogP contribution in [-0.2, 0) is 9.59 Å². The molecule has 1 amide bonds. The maximum atomic E-state index is 12.7. The number of benzene rings is 1. The second-order valence-corrected chi connectivity index (χ2v) is 8.09. The highest BCUT2D eigenvalue weighted by Crippen LogP contribution is 2.37. The minimum absolute atomic E-state index is 0.0100. The molecule has 7 heteroatoms. The highest BCUT2D eigenvalue weighted by atomic mass is 32.2. The molecule has 0 aromatic heterocycles. The number of carboxylic acid groups (broad SMARTS) is 1. The molecule has 1 aliphatic carbocycles. The summed E-state index contributed by atoms with van der Waals surface area (Å²) >= 11 is 6.75. The zero-order valence-corrected chi connectivity index (χ0v) is 16.1. The highest BCUT2D eigenvalue weighted by molar-refractivity contribution is 8.26. The zero-order chi connectivity index (χ0) is 18.7. The molecule has 1 unspecified atom stereocenters. The van der Waals surface area contributed by atoms with Gasteiger partial charge in [-0.05, 0) is 43.0 Å². The molecule has 3 rings (SSSR count). The van der Waals surface area contributed by atoms with Crippen LogP contribution in [0.15, 0.2) is 29.2 Å². The molecule has 1 atom stereocenters. The van der Waals surface area contributed by atoms with Gasteiger partial charge in [0.25, 0.3) is 5.91 Å². The van der Waals surface area contributed by atoms with Crippen LogP contribution < -0.4 is 4.74 Å². The number of nitrogens with zero attached hydrogens (tertiary/aromatic N) is 1. The van der Waals surface area contributed by atoms with E-state index in [0.29, 0.717) is 21.4 Å². The van der Waals surface area contributed by atoms with Crippen LogP contribution in [0, 0.1) is 0 Å². The number of amides is 1. The van der Waals surface area contributed by atoms with Crippen molar-refractivity contribution in [2.24, 2.45) is 0 Å². The first kappa shape index (κ1) is 18.9. The lowest BCUT2D eigenvalue weighted by atomic mass is 10.2. The van der Waals surface area contributed by atoms with Crippen molar-refractivity contribution in [3.05, 3.63) is 34.7 Å². The van der Waals surface area contributed by atoms with Crippen molar-refractivity contribution in [3.8, 4) is 5.75 Å². The molecule has 26 heavy (non-hydrogen) atoms. The Morgan fingerprint density at radius 3 is 2.62 bits per heavy atom. The standard InChI is InChI=1S/C19H21NO4S2/c1-2-15(18(22)23)24-14-9-7-12(8-10-14)11-16-17(21)20(19(25)26-16)13-5-3-4-6-13/h7-11,13,15H,2-6H2,1H3,(H,22,23)/b16-11+. The number of ether oxygens (including phenoxy) is 1. The van der Waals surface area contributed by atoms with Crippen LogP contribution >= 0.6 is 24.0 Å². The van der Waals surface area contributed by atoms with E-state index in [-0.39, 0.29) is 11.9 Å². The largest absolute Gasteiger partial charge is 0.479 e. The molecular formula is C19H21NO4S2. The van der Waals surface area contributed by atoms with Gasteiger partial charge in [0, 0.05) is 6.04 Å². The molecule has 0 spiro atoms. The monoisotopic (exact) mass is 391 g/mol. The quantitative estimate of drug-likeness (QED) is 0.582. The SMILES string of the molecule is CCC(Oc1ccc(/C=C2/SC(=S)N(C3CCCC3)C2=O)cc1)C(=O)O. The molecule has 1 aliphatic heterocycles. The number of aliphatic carboxylic acids is 1. The van der Waals surface area contributed by atoms with E-state index in [1.165, 1.54) is 11.8 Å². The summed E-state index contributed by atoms with van der Waals surface area (Å²) in [6, 6.07) is 7.30. The zero-order valence-electron chi connectivity index (χ0n) is 14.5. The van der Waals surface area contributed by atoms with Gasteiger partial charge in [0.2, 0.25) is 0 Å². The Morgan fingerprint density at radius 1 is 1.38 bits per heavy atom. The lowest BCUT2D eigenvalue weighted by molar-refractivity contribution is -0.145. The van der Waals surface area contributed by atoms with Gasteiger partial charge in [-0.15, -0.1) is 0 Å². The molecule has 2 fully saturated rings. The predicted octanol–water partition coefficient (Wildman–Crippen LogP) is 4.07. The fourth-order valence-corrected chi connectivity index (χ4v) is 4.62. The molecular weight excluding hydrogens is 370 g/mol. The molecule has 0 radical (unpaired) electrons. The Balaban J connectivity index is 1.71. The maximum Gasteiger partial charge on any atom is 0.344 e. The van der Waals surface area contributed by atoms with Gasteiger partial charge in [0.1, 0.15) is 10.1 Å². The Labute approximate surface area is 162 Å². The number of hydrogen-bond acceptors (Lipinski definition) is 5. The third-order valence-corrected chi connectivity index (χ3v) is 5.95. The lowest BCUT2D eigenvalue weighted by Gasteiger charge is -2.21. The summed E-state index contributed by atoms with van der Waals surface area (Å²) in [6.45, 7) is 1.76. The van der Waals surface area contributed by atoms with Gasteiger partial charge in [0.15, 0.2) is 6.10 Å². The van der Waals surface area contributed by atoms with Gasteiger partial charge >= 0.3 is 5.97 Å². The summed E-state index contributed by atoms with van der Waals surface area (Å²) in [6.07, 6.45) is 5.70. The third kappa shape index (κ3) is 4.10. The first-order chi connectivity index (χ1) is 12.5. The van der Waals surface area contributed by atoms with E-state index >= 15 is 0 Å². The fraction of sp³-hybridized carbons (Fsp3) is 0.421. The molecule has 5 nitrogen and oxygen atoms in total. The average molecular weight is 392 g/mol. The van der Waals surface area contributed by atoms with Crippen LogP contribution in [0.25, 0.3) is 6.08 Å². The Hall–Kier alpha value is -1.86. The maximum absolute atomic E-state index is 12.7. The van der Waals surface area contributed by atoms with E-state index in [4.69, 9.17) is 22.1 Å². The summed E-state index contributed by atoms with van der Waals surface area (Å²) in [5, 5.41) is 9.06. The number of thioether (sulfide) groups is 1. The summed E-state index contributed by atoms with van der Waals surface area (Å²) in [5.41, 5.74) is 0.854. The van der Waals surface area contributed by atoms with Crippen LogP contribution in [0.4, 0.5) is 0 Å². The molecule has 1 saturated heterocycles. The van der Waals surface area contributed by atoms with E-state index in [9.17, 15) is 9.59 Å². The summed E-state index contributed by atoms with van der Waals surface area (Å²) < 4.78 is 6.09. The topological polar surface area (TPSA) is 66.8 Å². The van der Waals surface area contributed by atoms with Gasteiger partial charge in [0.05, 0.1) is 4.91 Å². The van der Waals surface area contributed by atoms with Crippen LogP contribution in [0.1, 0.15) is 44.6 Å². The normalized spacial score (nSPS) is 20.8. The smallest absolute Gasteiger partial charge is 0.344 e. The van der Waals surface area contributed by atoms with Crippen molar-refractivity contribution in [1.82, 2.24) is 4.90 Å². The first-order valence-electron chi connectivity index (χ1n) is 8.76. The number of carbonyl (C=O) groups is 2. The van der Waals surface area contributed by atoms with Crippen LogP contribution in [-0.4, -0.2) is 38.3 Å². The molecule has 138 valence electrons. The van der Waals surface area contributed by atoms with E-state index in [2.05, 4.69) is 0 Å². The second kappa shape index (κ2) is 8.22. The molecule has 1 aromatic carbocycles. The molecule has 1 saturated carbocycles. The first-order valence-corrected chi connectivity index (χ1v) is 9.98. The van der Waals surface area contributed by atoms with Crippen LogP contribution in [0.5, 0.6) is 5.75 Å². The van der Waals surface area contributed by atoms with Crippen molar-refractivity contribution in [2.45, 2.75) is 51.2 Å². The number of hydrogen-bond donors (Lipinski definition) is 1. The van der Waals surface area contributed by atoms with E-state index < -0.39 is 12.1 Å². The Bertz CT molecular complexity index is 738. The van der Waals surface area contributed by atoms with Crippen molar-refractivity contribution < 1.29 is 19.4 Å². The molecule has 0 bridgehead atoms. The minimum atomic E-state index is -0.979. The summed E-state index contributed by atoms with van der Waals surface area (Å²) in [7, 11) is 0. The van der Waals surface area contributed by atoms with Gasteiger partial charge in [-0.25, -0.2) is 4.79 Å². The molecule has 1 aromatic rings. The number of carboxylic acids is 1. The highest BCUT2D eigenvalue weighted by Gasteiger charge is 2.38. The predicted molar refractivity (Wildman–Crippen MR) is 106 cm³/mol. The average Bonchev–Trinajstić information content (AvgIpc) is 3.22. The summed E-state index contributed by atoms with van der Waals surface area (Å²) in [4.78, 5) is 26.1. The molecule has 1 N–H and O–H groups in total. The number of rotatable bonds is 6. The Kier molecular flexibility index (Phi) is 5.98. The number of thiocarbonyl (C=S) groups is 1. The molecule has 2 aliphatic rings. The van der Waals surface area contributed by atoms with E-state index in [1.54, 1.807) is 24.0 Å².